The second-order valence-electron chi connectivity index (χ2n) is 3.12. The van der Waals surface area contributed by atoms with Gasteiger partial charge in [-0.2, -0.15) is 0 Å². The summed E-state index contributed by atoms with van der Waals surface area (Å²) in [6.07, 6.45) is 0. The first-order valence-corrected chi connectivity index (χ1v) is 4.26. The van der Waals surface area contributed by atoms with Crippen LogP contribution in [0.15, 0.2) is 35.1 Å². The van der Waals surface area contributed by atoms with Gasteiger partial charge in [0.05, 0.1) is 0 Å². The van der Waals surface area contributed by atoms with Crippen molar-refractivity contribution in [3.63, 3.8) is 0 Å². The fourth-order valence-electron chi connectivity index (χ4n) is 1.41. The van der Waals surface area contributed by atoms with Crippen LogP contribution in [0.5, 0.6) is 17.2 Å². The summed E-state index contributed by atoms with van der Waals surface area (Å²) in [6, 6.07) is 6.87. The van der Waals surface area contributed by atoms with Crippen molar-refractivity contribution in [2.24, 2.45) is 0 Å². The molecule has 4 heteroatoms. The van der Waals surface area contributed by atoms with Crippen LogP contribution in [0.2, 0.25) is 0 Å². The monoisotopic (exact) mass is 209 g/mol. The predicted molar refractivity (Wildman–Crippen MR) is 59.3 cm³/mol. The number of hydrogen-bond donors (Lipinski definition) is 2. The number of rotatable bonds is 0. The Morgan fingerprint density at radius 1 is 1.07 bits per heavy atom. The fraction of sp³-hybridized carbons (Fsp3) is 0. The molecule has 0 fully saturated rings. The molecule has 0 unspecified atom stereocenters. The molecule has 0 saturated carbocycles. The van der Waals surface area contributed by atoms with Crippen molar-refractivity contribution in [3.05, 3.63) is 40.6 Å². The molecule has 0 radical (unpaired) electrons. The Morgan fingerprint density at radius 3 is 2.53 bits per heavy atom. The van der Waals surface area contributed by atoms with Crippen molar-refractivity contribution < 1.29 is 19.6 Å². The lowest BCUT2D eigenvalue weighted by atomic mass is 10.1. The Labute approximate surface area is 89.1 Å². The lowest BCUT2D eigenvalue weighted by Crippen LogP contribution is -2.02. The highest BCUT2D eigenvalue weighted by Gasteiger charge is 2.04. The minimum absolute atomic E-state index is 0. The lowest BCUT2D eigenvalue weighted by molar-refractivity contribution is -0.267. The summed E-state index contributed by atoms with van der Waals surface area (Å²) in [5.41, 5.74) is -0.768. The van der Waals surface area contributed by atoms with Crippen molar-refractivity contribution in [1.82, 2.24) is 0 Å². The Kier molecular flexibility index (Phi) is 1.97. The summed E-state index contributed by atoms with van der Waals surface area (Å²) in [7, 11) is 0. The number of hydrogen-bond acceptors (Lipinski definition) is 4. The number of fused-ring (bicyclic) bond motifs is 1. The molecule has 0 aliphatic rings. The van der Waals surface area contributed by atoms with Crippen LogP contribution in [0.4, 0.5) is 0 Å². The summed E-state index contributed by atoms with van der Waals surface area (Å²) < 4.78 is 0. The van der Waals surface area contributed by atoms with Crippen LogP contribution in [0.1, 0.15) is 4.28 Å². The van der Waals surface area contributed by atoms with Crippen LogP contribution in [0.25, 0.3) is 10.8 Å². The molecule has 0 bridgehead atoms. The molecule has 4 nitrogen and oxygen atoms in total. The van der Waals surface area contributed by atoms with Crippen molar-refractivity contribution in [2.75, 3.05) is 0 Å². The zero-order valence-electron chi connectivity index (χ0n) is 7.60. The van der Waals surface area contributed by atoms with E-state index in [9.17, 15) is 20.1 Å². The standard InChI is InChI=1S/C11H8O4.3H2/c12-7-3-1-2-6-4-5-8(13)11(15)9(6)10(7)14;;;/h1-5,13,15H,(H,12,14);3*1H/p-1. The van der Waals surface area contributed by atoms with Crippen molar-refractivity contribution in [3.8, 4) is 17.2 Å². The molecule has 0 heterocycles. The maximum absolute atomic E-state index is 11.5. The smallest absolute Gasteiger partial charge is 0.227 e. The third-order valence-electron chi connectivity index (χ3n) is 2.16. The molecule has 2 rings (SSSR count). The topological polar surface area (TPSA) is 80.6 Å². The first-order valence-electron chi connectivity index (χ1n) is 4.26. The predicted octanol–water partition coefficient (Wildman–Crippen LogP) is 1.42. The normalized spacial score (nSPS) is 10.4. The highest BCUT2D eigenvalue weighted by Crippen LogP contribution is 2.28. The van der Waals surface area contributed by atoms with Crippen LogP contribution in [0, 0.1) is 0 Å². The molecule has 2 aromatic rings. The van der Waals surface area contributed by atoms with E-state index in [2.05, 4.69) is 0 Å². The Hall–Kier alpha value is -2.23. The highest BCUT2D eigenvalue weighted by atomic mass is 16.3. The van der Waals surface area contributed by atoms with Gasteiger partial charge in [-0.1, -0.05) is 23.9 Å². The quantitative estimate of drug-likeness (QED) is 0.687. The molecule has 0 saturated heterocycles. The zero-order valence-corrected chi connectivity index (χ0v) is 7.60. The Balaban J connectivity index is 0. The van der Waals surface area contributed by atoms with Gasteiger partial charge in [0.25, 0.3) is 0 Å². The van der Waals surface area contributed by atoms with E-state index < -0.39 is 22.7 Å². The van der Waals surface area contributed by atoms with Gasteiger partial charge in [-0.3, -0.25) is 4.79 Å². The number of phenolic OH excluding ortho intramolecular Hbond substituents is 1. The molecule has 15 heavy (non-hydrogen) atoms. The molecule has 0 spiro atoms. The minimum Gasteiger partial charge on any atom is -0.869 e. The molecule has 2 N–H and O–H groups in total. The minimum atomic E-state index is -0.768. The highest BCUT2D eigenvalue weighted by molar-refractivity contribution is 5.89. The van der Waals surface area contributed by atoms with Crippen molar-refractivity contribution >= 4 is 10.8 Å². The van der Waals surface area contributed by atoms with E-state index in [0.717, 1.165) is 0 Å². The largest absolute Gasteiger partial charge is 0.869 e. The average molecular weight is 209 g/mol. The van der Waals surface area contributed by atoms with Crippen molar-refractivity contribution in [1.29, 1.82) is 0 Å². The van der Waals surface area contributed by atoms with Crippen LogP contribution in [0.3, 0.4) is 0 Å². The first kappa shape index (κ1) is 9.33. The molecular weight excluding hydrogens is 196 g/mol. The van der Waals surface area contributed by atoms with Crippen molar-refractivity contribution in [2.45, 2.75) is 0 Å². The number of phenols is 1. The summed E-state index contributed by atoms with van der Waals surface area (Å²) in [4.78, 5) is 11.5. The lowest BCUT2D eigenvalue weighted by Gasteiger charge is -2.09. The molecule has 0 atom stereocenters. The second-order valence-corrected chi connectivity index (χ2v) is 3.12. The van der Waals surface area contributed by atoms with Crippen LogP contribution in [-0.4, -0.2) is 10.2 Å². The molecular formula is C11H13O4-. The maximum atomic E-state index is 11.5. The number of benzene rings is 1. The average Bonchev–Trinajstić information content (AvgIpc) is 2.35. The van der Waals surface area contributed by atoms with E-state index in [0.29, 0.717) is 5.39 Å². The molecule has 82 valence electrons. The van der Waals surface area contributed by atoms with Gasteiger partial charge in [0.2, 0.25) is 5.43 Å². The summed E-state index contributed by atoms with van der Waals surface area (Å²) >= 11 is 0. The van der Waals surface area contributed by atoms with E-state index in [1.807, 2.05) is 0 Å². The van der Waals surface area contributed by atoms with E-state index in [1.165, 1.54) is 30.3 Å². The SMILES string of the molecule is O=c1c(O)cccc2ccc(O)c([O-])c12.[HH].[HH].[HH]. The molecule has 0 amide bonds. The third kappa shape index (κ3) is 1.36. The molecule has 2 aromatic carbocycles. The van der Waals surface area contributed by atoms with Gasteiger partial charge < -0.3 is 15.3 Å². The third-order valence-corrected chi connectivity index (χ3v) is 2.16. The van der Waals surface area contributed by atoms with Gasteiger partial charge in [-0.25, -0.2) is 0 Å². The van der Waals surface area contributed by atoms with Gasteiger partial charge >= 0.3 is 0 Å². The Bertz CT molecular complexity index is 601. The molecule has 0 aliphatic carbocycles. The summed E-state index contributed by atoms with van der Waals surface area (Å²) in [6.45, 7) is 0. The zero-order chi connectivity index (χ0) is 11.0. The van der Waals surface area contributed by atoms with Crippen LogP contribution < -0.4 is 10.5 Å². The summed E-state index contributed by atoms with van der Waals surface area (Å²) in [5.74, 6) is -1.76. The van der Waals surface area contributed by atoms with Crippen LogP contribution in [-0.2, 0) is 0 Å². The van der Waals surface area contributed by atoms with E-state index >= 15 is 0 Å². The van der Waals surface area contributed by atoms with Gasteiger partial charge in [0.15, 0.2) is 5.75 Å². The molecule has 0 aromatic heterocycles. The summed E-state index contributed by atoms with van der Waals surface area (Å²) in [5, 5.41) is 30.1. The van der Waals surface area contributed by atoms with Gasteiger partial charge in [0, 0.05) is 9.67 Å². The van der Waals surface area contributed by atoms with Gasteiger partial charge in [-0.15, -0.1) is 0 Å². The van der Waals surface area contributed by atoms with Crippen LogP contribution >= 0.6 is 0 Å². The fourth-order valence-corrected chi connectivity index (χ4v) is 1.41. The van der Waals surface area contributed by atoms with E-state index in [-0.39, 0.29) is 9.67 Å². The van der Waals surface area contributed by atoms with Gasteiger partial charge in [-0.05, 0) is 17.5 Å². The van der Waals surface area contributed by atoms with Gasteiger partial charge in [0.1, 0.15) is 5.75 Å². The van der Waals surface area contributed by atoms with E-state index in [4.69, 9.17) is 0 Å². The number of aromatic hydroxyl groups is 2. The second kappa shape index (κ2) is 3.16. The van der Waals surface area contributed by atoms with E-state index in [1.54, 1.807) is 0 Å². The molecule has 0 aliphatic heterocycles. The Morgan fingerprint density at radius 2 is 1.80 bits per heavy atom. The first-order chi connectivity index (χ1) is 7.11. The maximum Gasteiger partial charge on any atom is 0.227 e.